The Morgan fingerprint density at radius 3 is 2.76 bits per heavy atom. The molecule has 5 nitrogen and oxygen atoms in total. The van der Waals surface area contributed by atoms with E-state index in [1.165, 1.54) is 5.56 Å². The van der Waals surface area contributed by atoms with Crippen LogP contribution in [-0.2, 0) is 13.0 Å². The van der Waals surface area contributed by atoms with E-state index in [0.717, 1.165) is 38.9 Å². The highest BCUT2D eigenvalue weighted by molar-refractivity contribution is 5.19. The summed E-state index contributed by atoms with van der Waals surface area (Å²) in [6, 6.07) is 10.5. The van der Waals surface area contributed by atoms with Crippen molar-refractivity contribution in [3.05, 3.63) is 48.5 Å². The van der Waals surface area contributed by atoms with Gasteiger partial charge >= 0.3 is 0 Å². The molecule has 1 saturated heterocycles. The van der Waals surface area contributed by atoms with E-state index in [-0.39, 0.29) is 12.1 Å². The molecule has 112 valence electrons. The molecule has 0 radical (unpaired) electrons. The summed E-state index contributed by atoms with van der Waals surface area (Å²) in [5, 5.41) is 14.2. The largest absolute Gasteiger partial charge is 0.394 e. The second-order valence-corrected chi connectivity index (χ2v) is 5.79. The van der Waals surface area contributed by atoms with Gasteiger partial charge in [0.05, 0.1) is 13.2 Å². The van der Waals surface area contributed by atoms with Crippen LogP contribution in [0.4, 0.5) is 0 Å². The molecule has 1 aromatic heterocycles. The van der Waals surface area contributed by atoms with Gasteiger partial charge in [0.1, 0.15) is 12.7 Å². The molecule has 1 N–H and O–H groups in total. The standard InChI is InChI=1S/C16H22N4O/c21-12-16(11-15-5-2-1-3-6-15)7-4-8-19(16)9-10-20-14-17-13-18-20/h1-3,5-6,13-14,21H,4,7-12H2. The Balaban J connectivity index is 1.69. The Morgan fingerprint density at radius 1 is 1.19 bits per heavy atom. The Hall–Kier alpha value is -1.72. The van der Waals surface area contributed by atoms with Crippen molar-refractivity contribution in [2.75, 3.05) is 19.7 Å². The summed E-state index contributed by atoms with van der Waals surface area (Å²) in [6.45, 7) is 2.97. The number of rotatable bonds is 6. The lowest BCUT2D eigenvalue weighted by Gasteiger charge is -2.37. The molecule has 0 amide bonds. The summed E-state index contributed by atoms with van der Waals surface area (Å²) in [7, 11) is 0. The summed E-state index contributed by atoms with van der Waals surface area (Å²) >= 11 is 0. The fraction of sp³-hybridized carbons (Fsp3) is 0.500. The van der Waals surface area contributed by atoms with E-state index in [4.69, 9.17) is 0 Å². The van der Waals surface area contributed by atoms with Crippen LogP contribution in [0, 0.1) is 0 Å². The Morgan fingerprint density at radius 2 is 2.05 bits per heavy atom. The number of hydrogen-bond donors (Lipinski definition) is 1. The van der Waals surface area contributed by atoms with Crippen LogP contribution in [0.1, 0.15) is 18.4 Å². The molecule has 1 aromatic carbocycles. The quantitative estimate of drug-likeness (QED) is 0.871. The summed E-state index contributed by atoms with van der Waals surface area (Å²) in [4.78, 5) is 6.39. The number of likely N-dealkylation sites (tertiary alicyclic amines) is 1. The minimum Gasteiger partial charge on any atom is -0.394 e. The van der Waals surface area contributed by atoms with E-state index >= 15 is 0 Å². The second kappa shape index (κ2) is 6.37. The monoisotopic (exact) mass is 286 g/mol. The fourth-order valence-corrected chi connectivity index (χ4v) is 3.33. The first kappa shape index (κ1) is 14.2. The topological polar surface area (TPSA) is 54.2 Å². The molecule has 21 heavy (non-hydrogen) atoms. The molecule has 1 atom stereocenters. The van der Waals surface area contributed by atoms with E-state index in [1.54, 1.807) is 12.7 Å². The summed E-state index contributed by atoms with van der Waals surface area (Å²) < 4.78 is 1.85. The minimum absolute atomic E-state index is 0.123. The highest BCUT2D eigenvalue weighted by Gasteiger charge is 2.40. The van der Waals surface area contributed by atoms with Crippen molar-refractivity contribution < 1.29 is 5.11 Å². The molecule has 0 spiro atoms. The van der Waals surface area contributed by atoms with Gasteiger partial charge in [0.15, 0.2) is 0 Å². The third-order valence-electron chi connectivity index (χ3n) is 4.48. The minimum atomic E-state index is -0.123. The third kappa shape index (κ3) is 3.14. The van der Waals surface area contributed by atoms with Crippen LogP contribution in [0.15, 0.2) is 43.0 Å². The predicted molar refractivity (Wildman–Crippen MR) is 80.8 cm³/mol. The molecule has 1 unspecified atom stereocenters. The fourth-order valence-electron chi connectivity index (χ4n) is 3.33. The highest BCUT2D eigenvalue weighted by atomic mass is 16.3. The van der Waals surface area contributed by atoms with Crippen molar-refractivity contribution >= 4 is 0 Å². The van der Waals surface area contributed by atoms with Crippen molar-refractivity contribution in [3.63, 3.8) is 0 Å². The maximum absolute atomic E-state index is 10.0. The number of aliphatic hydroxyl groups is 1. The summed E-state index contributed by atoms with van der Waals surface area (Å²) in [5.41, 5.74) is 1.17. The number of nitrogens with zero attached hydrogens (tertiary/aromatic N) is 4. The first-order valence-electron chi connectivity index (χ1n) is 7.55. The van der Waals surface area contributed by atoms with Crippen LogP contribution in [0.25, 0.3) is 0 Å². The Kier molecular flexibility index (Phi) is 4.31. The van der Waals surface area contributed by atoms with Crippen LogP contribution in [-0.4, -0.2) is 50.0 Å². The summed E-state index contributed by atoms with van der Waals surface area (Å²) in [6.07, 6.45) is 6.41. The van der Waals surface area contributed by atoms with Gasteiger partial charge in [-0.05, 0) is 31.4 Å². The molecule has 2 heterocycles. The average Bonchev–Trinajstić information content (AvgIpc) is 3.16. The number of aromatic nitrogens is 3. The van der Waals surface area contributed by atoms with Gasteiger partial charge in [-0.15, -0.1) is 0 Å². The lowest BCUT2D eigenvalue weighted by molar-refractivity contribution is 0.0605. The second-order valence-electron chi connectivity index (χ2n) is 5.79. The zero-order chi connectivity index (χ0) is 14.5. The lowest BCUT2D eigenvalue weighted by Crippen LogP contribution is -2.49. The molecule has 5 heteroatoms. The molecule has 1 aliphatic rings. The predicted octanol–water partition coefficient (Wildman–Crippen LogP) is 1.35. The van der Waals surface area contributed by atoms with Crippen molar-refractivity contribution in [2.45, 2.75) is 31.3 Å². The molecular weight excluding hydrogens is 264 g/mol. The Bertz CT molecular complexity index is 543. The van der Waals surface area contributed by atoms with Crippen molar-refractivity contribution in [1.29, 1.82) is 0 Å². The van der Waals surface area contributed by atoms with E-state index in [2.05, 4.69) is 39.2 Å². The van der Waals surface area contributed by atoms with Crippen LogP contribution < -0.4 is 0 Å². The van der Waals surface area contributed by atoms with Crippen LogP contribution in [0.5, 0.6) is 0 Å². The molecule has 1 fully saturated rings. The Labute approximate surface area is 125 Å². The first-order valence-corrected chi connectivity index (χ1v) is 7.55. The van der Waals surface area contributed by atoms with Gasteiger partial charge in [0, 0.05) is 12.1 Å². The average molecular weight is 286 g/mol. The smallest absolute Gasteiger partial charge is 0.137 e. The maximum atomic E-state index is 10.0. The zero-order valence-electron chi connectivity index (χ0n) is 12.2. The van der Waals surface area contributed by atoms with Crippen molar-refractivity contribution in [1.82, 2.24) is 19.7 Å². The molecule has 0 bridgehead atoms. The molecule has 1 aliphatic heterocycles. The van der Waals surface area contributed by atoms with Gasteiger partial charge in [0.2, 0.25) is 0 Å². The number of hydrogen-bond acceptors (Lipinski definition) is 4. The van der Waals surface area contributed by atoms with Gasteiger partial charge in [-0.1, -0.05) is 30.3 Å². The van der Waals surface area contributed by atoms with Gasteiger partial charge in [-0.3, -0.25) is 9.58 Å². The van der Waals surface area contributed by atoms with Crippen LogP contribution >= 0.6 is 0 Å². The van der Waals surface area contributed by atoms with E-state index in [0.29, 0.717) is 0 Å². The first-order chi connectivity index (χ1) is 10.3. The molecule has 2 aromatic rings. The lowest BCUT2D eigenvalue weighted by atomic mass is 9.89. The van der Waals surface area contributed by atoms with E-state index < -0.39 is 0 Å². The van der Waals surface area contributed by atoms with E-state index in [1.807, 2.05) is 10.7 Å². The molecular formula is C16H22N4O. The maximum Gasteiger partial charge on any atom is 0.137 e. The van der Waals surface area contributed by atoms with Crippen molar-refractivity contribution in [3.8, 4) is 0 Å². The third-order valence-corrected chi connectivity index (χ3v) is 4.48. The molecule has 0 aliphatic carbocycles. The van der Waals surface area contributed by atoms with Gasteiger partial charge in [-0.25, -0.2) is 4.98 Å². The van der Waals surface area contributed by atoms with E-state index in [9.17, 15) is 5.11 Å². The van der Waals surface area contributed by atoms with Gasteiger partial charge in [-0.2, -0.15) is 5.10 Å². The normalized spacial score (nSPS) is 22.7. The highest BCUT2D eigenvalue weighted by Crippen LogP contribution is 2.32. The SMILES string of the molecule is OCC1(Cc2ccccc2)CCCN1CCn1cncn1. The van der Waals surface area contributed by atoms with Crippen molar-refractivity contribution in [2.24, 2.45) is 0 Å². The summed E-state index contributed by atoms with van der Waals surface area (Å²) in [5.74, 6) is 0. The molecule has 0 saturated carbocycles. The molecule has 3 rings (SSSR count). The number of aliphatic hydroxyl groups excluding tert-OH is 1. The van der Waals surface area contributed by atoms with Crippen LogP contribution in [0.2, 0.25) is 0 Å². The van der Waals surface area contributed by atoms with Crippen LogP contribution in [0.3, 0.4) is 0 Å². The number of benzene rings is 1. The van der Waals surface area contributed by atoms with Gasteiger partial charge < -0.3 is 5.11 Å². The van der Waals surface area contributed by atoms with Gasteiger partial charge in [0.25, 0.3) is 0 Å². The zero-order valence-corrected chi connectivity index (χ0v) is 12.2.